The summed E-state index contributed by atoms with van der Waals surface area (Å²) in [5.74, 6) is 1.11. The molecule has 0 fully saturated rings. The zero-order chi connectivity index (χ0) is 39.9. The molecule has 0 saturated heterocycles. The third-order valence-corrected chi connectivity index (χ3v) is 12.7. The first kappa shape index (κ1) is 34.7. The molecule has 288 valence electrons. The number of hydrogen-bond donors (Lipinski definition) is 0. The summed E-state index contributed by atoms with van der Waals surface area (Å²) >= 11 is 0. The molecule has 2 unspecified atom stereocenters. The van der Waals surface area contributed by atoms with Crippen molar-refractivity contribution in [3.8, 4) is 5.75 Å². The van der Waals surface area contributed by atoms with E-state index < -0.39 is 0 Å². The molecule has 0 spiro atoms. The Morgan fingerprint density at radius 1 is 0.533 bits per heavy atom. The van der Waals surface area contributed by atoms with Gasteiger partial charge in [0.15, 0.2) is 0 Å². The summed E-state index contributed by atoms with van der Waals surface area (Å²) < 4.78 is 12.8. The molecule has 3 aliphatic rings. The van der Waals surface area contributed by atoms with Crippen molar-refractivity contribution < 1.29 is 9.15 Å². The number of ether oxygens (including phenoxy) is 1. The van der Waals surface area contributed by atoms with Crippen LogP contribution >= 0.6 is 0 Å². The summed E-state index contributed by atoms with van der Waals surface area (Å²) in [4.78, 5) is 4.92. The van der Waals surface area contributed by atoms with Crippen molar-refractivity contribution in [2.24, 2.45) is 0 Å². The Hall–Kier alpha value is -7.30. The lowest BCUT2D eigenvalue weighted by atomic mass is 9.86. The minimum absolute atomic E-state index is 0.0169. The molecule has 0 N–H and O–H groups in total. The van der Waals surface area contributed by atoms with Gasteiger partial charge in [-0.05, 0) is 145 Å². The van der Waals surface area contributed by atoms with Crippen LogP contribution in [0.5, 0.6) is 5.75 Å². The SMILES string of the molecule is Cc1ccc2c(c1)C1C=C(N(c3ccccc3)c3cc4c5c(c(N(c6ccccc6)c6ccc7oc8ccc(C)cc8c7c6)cc4c4ccccc34)CCC=C5)C=CC1O2. The summed E-state index contributed by atoms with van der Waals surface area (Å²) in [5, 5.41) is 7.17. The van der Waals surface area contributed by atoms with Crippen molar-refractivity contribution in [1.82, 2.24) is 0 Å². The molecule has 2 heterocycles. The molecule has 1 aromatic heterocycles. The maximum Gasteiger partial charge on any atom is 0.135 e. The smallest absolute Gasteiger partial charge is 0.135 e. The van der Waals surface area contributed by atoms with E-state index >= 15 is 0 Å². The van der Waals surface area contributed by atoms with Crippen molar-refractivity contribution in [1.29, 1.82) is 0 Å². The molecule has 60 heavy (non-hydrogen) atoms. The molecule has 1 aliphatic heterocycles. The van der Waals surface area contributed by atoms with E-state index in [1.54, 1.807) is 0 Å². The number of hydrogen-bond acceptors (Lipinski definition) is 4. The molecule has 0 radical (unpaired) electrons. The second kappa shape index (κ2) is 13.6. The quantitative estimate of drug-likeness (QED) is 0.157. The summed E-state index contributed by atoms with van der Waals surface area (Å²) in [6.07, 6.45) is 13.5. The average molecular weight is 775 g/mol. The van der Waals surface area contributed by atoms with E-state index in [-0.39, 0.29) is 12.0 Å². The highest BCUT2D eigenvalue weighted by Crippen LogP contribution is 2.50. The van der Waals surface area contributed by atoms with Crippen LogP contribution in [0.2, 0.25) is 0 Å². The molecule has 0 bridgehead atoms. The van der Waals surface area contributed by atoms with Gasteiger partial charge in [-0.1, -0.05) is 102 Å². The number of rotatable bonds is 6. The number of fused-ring (bicyclic) bond motifs is 11. The third-order valence-electron chi connectivity index (χ3n) is 12.7. The van der Waals surface area contributed by atoms with E-state index in [9.17, 15) is 0 Å². The standard InChI is InChI=1S/C56H42N2O2/c1-35-21-25-53-47(29-35)49-31-39(23-27-55(49)59-53)57(37-13-5-3-6-14-37)51-33-45-42-18-10-12-20-44(42)52(34-46(45)41-17-9-11-19-43(41)51)58(38-15-7-4-8-16-38)40-24-28-56-50(32-40)48-30-36(2)22-26-54(48)60-56/h3-11,13-19,21-34,49,55H,12,20H2,1-2H3. The Balaban J connectivity index is 1.10. The first-order valence-corrected chi connectivity index (χ1v) is 21.0. The highest BCUT2D eigenvalue weighted by atomic mass is 16.5. The van der Waals surface area contributed by atoms with Crippen LogP contribution in [0, 0.1) is 13.8 Å². The first-order valence-electron chi connectivity index (χ1n) is 21.0. The molecule has 8 aromatic carbocycles. The van der Waals surface area contributed by atoms with Gasteiger partial charge in [-0.3, -0.25) is 0 Å². The van der Waals surface area contributed by atoms with Gasteiger partial charge in [0.1, 0.15) is 23.0 Å². The van der Waals surface area contributed by atoms with Crippen molar-refractivity contribution in [3.63, 3.8) is 0 Å². The van der Waals surface area contributed by atoms with Crippen LogP contribution in [-0.4, -0.2) is 6.10 Å². The van der Waals surface area contributed by atoms with Crippen molar-refractivity contribution in [2.75, 3.05) is 9.80 Å². The highest BCUT2D eigenvalue weighted by Gasteiger charge is 2.35. The molecule has 2 atom stereocenters. The topological polar surface area (TPSA) is 28.9 Å². The lowest BCUT2D eigenvalue weighted by Crippen LogP contribution is -2.23. The van der Waals surface area contributed by atoms with Gasteiger partial charge in [-0.15, -0.1) is 0 Å². The minimum Gasteiger partial charge on any atom is -0.485 e. The van der Waals surface area contributed by atoms with Crippen LogP contribution < -0.4 is 14.5 Å². The van der Waals surface area contributed by atoms with Crippen LogP contribution in [0.25, 0.3) is 49.6 Å². The number of para-hydroxylation sites is 2. The summed E-state index contributed by atoms with van der Waals surface area (Å²) in [5.41, 5.74) is 15.0. The minimum atomic E-state index is -0.0169. The van der Waals surface area contributed by atoms with Crippen LogP contribution in [0.15, 0.2) is 186 Å². The molecule has 9 aromatic rings. The lowest BCUT2D eigenvalue weighted by Gasteiger charge is -2.33. The van der Waals surface area contributed by atoms with Crippen LogP contribution in [0.3, 0.4) is 0 Å². The van der Waals surface area contributed by atoms with E-state index in [2.05, 4.69) is 206 Å². The second-order valence-electron chi connectivity index (χ2n) is 16.5. The number of nitrogens with zero attached hydrogens (tertiary/aromatic N) is 2. The van der Waals surface area contributed by atoms with Gasteiger partial charge in [0.25, 0.3) is 0 Å². The monoisotopic (exact) mass is 774 g/mol. The third kappa shape index (κ3) is 5.51. The lowest BCUT2D eigenvalue weighted by molar-refractivity contribution is 0.268. The van der Waals surface area contributed by atoms with Crippen molar-refractivity contribution in [2.45, 2.75) is 38.7 Å². The van der Waals surface area contributed by atoms with Gasteiger partial charge in [-0.25, -0.2) is 0 Å². The molecule has 2 aliphatic carbocycles. The Kier molecular flexibility index (Phi) is 7.89. The first-order chi connectivity index (χ1) is 29.6. The highest BCUT2D eigenvalue weighted by molar-refractivity contribution is 6.18. The van der Waals surface area contributed by atoms with Crippen LogP contribution in [-0.2, 0) is 6.42 Å². The fourth-order valence-electron chi connectivity index (χ4n) is 9.93. The zero-order valence-corrected chi connectivity index (χ0v) is 33.6. The van der Waals surface area contributed by atoms with Gasteiger partial charge in [0.2, 0.25) is 0 Å². The molecule has 0 amide bonds. The largest absolute Gasteiger partial charge is 0.485 e. The Labute approximate surface area is 349 Å². The average Bonchev–Trinajstić information content (AvgIpc) is 3.84. The number of furan rings is 1. The van der Waals surface area contributed by atoms with E-state index in [0.717, 1.165) is 69.0 Å². The fraction of sp³-hybridized carbons (Fsp3) is 0.107. The molecular formula is C56H42N2O2. The van der Waals surface area contributed by atoms with Crippen LogP contribution in [0.4, 0.5) is 28.4 Å². The Bertz CT molecular complexity index is 3280. The maximum absolute atomic E-state index is 6.46. The predicted molar refractivity (Wildman–Crippen MR) is 250 cm³/mol. The van der Waals surface area contributed by atoms with E-state index in [1.807, 2.05) is 0 Å². The molecule has 4 heteroatoms. The summed E-state index contributed by atoms with van der Waals surface area (Å²) in [6, 6.07) is 55.2. The van der Waals surface area contributed by atoms with Crippen molar-refractivity contribution in [3.05, 3.63) is 209 Å². The van der Waals surface area contributed by atoms with Gasteiger partial charge in [0, 0.05) is 50.4 Å². The molecular weight excluding hydrogens is 733 g/mol. The van der Waals surface area contributed by atoms with Gasteiger partial charge in [-0.2, -0.15) is 0 Å². The fourth-order valence-corrected chi connectivity index (χ4v) is 9.93. The maximum atomic E-state index is 6.46. The van der Waals surface area contributed by atoms with E-state index in [0.29, 0.717) is 0 Å². The number of aryl methyl sites for hydroxylation is 2. The van der Waals surface area contributed by atoms with Gasteiger partial charge >= 0.3 is 0 Å². The number of benzene rings is 8. The number of allylic oxidation sites excluding steroid dienone is 2. The summed E-state index contributed by atoms with van der Waals surface area (Å²) in [6.45, 7) is 4.30. The van der Waals surface area contributed by atoms with E-state index in [4.69, 9.17) is 9.15 Å². The number of anilines is 5. The van der Waals surface area contributed by atoms with Crippen LogP contribution in [0.1, 0.15) is 40.2 Å². The zero-order valence-electron chi connectivity index (χ0n) is 33.6. The predicted octanol–water partition coefficient (Wildman–Crippen LogP) is 15.1. The molecule has 0 saturated carbocycles. The van der Waals surface area contributed by atoms with Crippen molar-refractivity contribution >= 4 is 78.0 Å². The molecule has 12 rings (SSSR count). The Morgan fingerprint density at radius 2 is 1.22 bits per heavy atom. The van der Waals surface area contributed by atoms with E-state index in [1.165, 1.54) is 55.0 Å². The van der Waals surface area contributed by atoms with Gasteiger partial charge in [0.05, 0.1) is 11.4 Å². The normalized spacial score (nSPS) is 16.5. The summed E-state index contributed by atoms with van der Waals surface area (Å²) in [7, 11) is 0. The molecule has 4 nitrogen and oxygen atoms in total. The Morgan fingerprint density at radius 3 is 2.03 bits per heavy atom. The van der Waals surface area contributed by atoms with Gasteiger partial charge < -0.3 is 19.0 Å². The second-order valence-corrected chi connectivity index (χ2v) is 16.5.